The average Bonchev–Trinajstić information content (AvgIpc) is 2.77. The van der Waals surface area contributed by atoms with E-state index in [0.717, 1.165) is 0 Å². The van der Waals surface area contributed by atoms with Crippen LogP contribution in [0.15, 0.2) is 12.7 Å². The summed E-state index contributed by atoms with van der Waals surface area (Å²) in [7, 11) is -1.89. The highest BCUT2D eigenvalue weighted by Gasteiger charge is 2.43. The molecule has 5 nitrogen and oxygen atoms in total. The third kappa shape index (κ3) is 4.59. The van der Waals surface area contributed by atoms with Crippen molar-refractivity contribution >= 4 is 14.4 Å². The summed E-state index contributed by atoms with van der Waals surface area (Å²) in [5.41, 5.74) is 0. The molecule has 0 aromatic rings. The smallest absolute Gasteiger partial charge is 0.410 e. The van der Waals surface area contributed by atoms with E-state index in [-0.39, 0.29) is 29.9 Å². The van der Waals surface area contributed by atoms with Crippen molar-refractivity contribution in [2.24, 2.45) is 0 Å². The molecule has 0 N–H and O–H groups in total. The second-order valence-corrected chi connectivity index (χ2v) is 12.0. The van der Waals surface area contributed by atoms with Crippen molar-refractivity contribution in [1.82, 2.24) is 4.90 Å². The summed E-state index contributed by atoms with van der Waals surface area (Å²) in [5, 5.41) is 9.09. The summed E-state index contributed by atoms with van der Waals surface area (Å²) < 4.78 is 11.5. The molecule has 1 fully saturated rings. The number of nitriles is 1. The van der Waals surface area contributed by atoms with E-state index in [1.54, 1.807) is 4.90 Å². The number of amides is 1. The molecule has 0 unspecified atom stereocenters. The molecule has 6 heteroatoms. The standard InChI is InChI=1S/C16H28N2O3Si/c1-7-10-20-15(19)18-12-14(11-13(18)8-9-17)21-22(5,6)16(2,3)4/h7,13-14H,1,8,10-12H2,2-6H3/t13-,14-/m1/s1. The van der Waals surface area contributed by atoms with Crippen molar-refractivity contribution in [2.75, 3.05) is 13.2 Å². The van der Waals surface area contributed by atoms with Crippen LogP contribution in [-0.2, 0) is 9.16 Å². The number of carbonyl (C=O) groups is 1. The zero-order valence-electron chi connectivity index (χ0n) is 14.4. The van der Waals surface area contributed by atoms with Crippen LogP contribution in [0, 0.1) is 11.3 Å². The molecule has 0 spiro atoms. The van der Waals surface area contributed by atoms with Gasteiger partial charge in [-0.15, -0.1) is 0 Å². The average molecular weight is 324 g/mol. The second kappa shape index (κ2) is 7.29. The van der Waals surface area contributed by atoms with Gasteiger partial charge in [0.05, 0.1) is 24.6 Å². The molecule has 0 bridgehead atoms. The van der Waals surface area contributed by atoms with E-state index in [1.807, 2.05) is 0 Å². The fraction of sp³-hybridized carbons (Fsp3) is 0.750. The maximum atomic E-state index is 12.1. The van der Waals surface area contributed by atoms with E-state index in [0.29, 0.717) is 19.4 Å². The lowest BCUT2D eigenvalue weighted by atomic mass is 10.1. The number of carbonyl (C=O) groups excluding carboxylic acids is 1. The molecule has 0 aromatic heterocycles. The van der Waals surface area contributed by atoms with Gasteiger partial charge in [0.2, 0.25) is 0 Å². The van der Waals surface area contributed by atoms with Crippen molar-refractivity contribution in [3.05, 3.63) is 12.7 Å². The van der Waals surface area contributed by atoms with Gasteiger partial charge in [0, 0.05) is 6.54 Å². The zero-order valence-corrected chi connectivity index (χ0v) is 15.4. The fourth-order valence-electron chi connectivity index (χ4n) is 2.29. The molecular formula is C16H28N2O3Si. The molecular weight excluding hydrogens is 296 g/mol. The first-order valence-corrected chi connectivity index (χ1v) is 10.6. The summed E-state index contributed by atoms with van der Waals surface area (Å²) in [6, 6.07) is 2.02. The van der Waals surface area contributed by atoms with E-state index >= 15 is 0 Å². The van der Waals surface area contributed by atoms with Gasteiger partial charge in [0.1, 0.15) is 6.61 Å². The molecule has 0 aromatic carbocycles. The van der Waals surface area contributed by atoms with Crippen LogP contribution in [0.5, 0.6) is 0 Å². The monoisotopic (exact) mass is 324 g/mol. The minimum absolute atomic E-state index is 0.0180. The largest absolute Gasteiger partial charge is 0.445 e. The van der Waals surface area contributed by atoms with Crippen molar-refractivity contribution in [2.45, 2.75) is 63.9 Å². The molecule has 0 radical (unpaired) electrons. The zero-order chi connectivity index (χ0) is 17.0. The van der Waals surface area contributed by atoms with Crippen LogP contribution in [0.3, 0.4) is 0 Å². The van der Waals surface area contributed by atoms with Crippen molar-refractivity contribution in [3.8, 4) is 6.07 Å². The Labute approximate surface area is 135 Å². The molecule has 1 amide bonds. The molecule has 1 saturated heterocycles. The highest BCUT2D eigenvalue weighted by molar-refractivity contribution is 6.74. The molecule has 124 valence electrons. The van der Waals surface area contributed by atoms with Crippen LogP contribution >= 0.6 is 0 Å². The number of ether oxygens (including phenoxy) is 1. The first-order chi connectivity index (χ1) is 10.1. The Morgan fingerprint density at radius 1 is 1.50 bits per heavy atom. The summed E-state index contributed by atoms with van der Waals surface area (Å²) in [6.07, 6.45) is 2.14. The van der Waals surface area contributed by atoms with E-state index in [1.165, 1.54) is 6.08 Å². The van der Waals surface area contributed by atoms with Crippen molar-refractivity contribution < 1.29 is 14.0 Å². The first-order valence-electron chi connectivity index (χ1n) is 7.71. The lowest BCUT2D eigenvalue weighted by molar-refractivity contribution is 0.103. The Morgan fingerprint density at radius 3 is 2.64 bits per heavy atom. The lowest BCUT2D eigenvalue weighted by Gasteiger charge is -2.38. The van der Waals surface area contributed by atoms with Crippen LogP contribution in [0.25, 0.3) is 0 Å². The van der Waals surface area contributed by atoms with Crippen LogP contribution in [0.4, 0.5) is 4.79 Å². The quantitative estimate of drug-likeness (QED) is 0.571. The van der Waals surface area contributed by atoms with Crippen LogP contribution in [0.1, 0.15) is 33.6 Å². The SMILES string of the molecule is C=CCOC(=O)N1C[C@H](O[Si](C)(C)C(C)(C)C)C[C@H]1CC#N. The van der Waals surface area contributed by atoms with Gasteiger partial charge >= 0.3 is 6.09 Å². The van der Waals surface area contributed by atoms with Crippen LogP contribution in [-0.4, -0.2) is 44.6 Å². The number of likely N-dealkylation sites (tertiary alicyclic amines) is 1. The number of hydrogen-bond donors (Lipinski definition) is 0. The first kappa shape index (κ1) is 18.7. The molecule has 22 heavy (non-hydrogen) atoms. The van der Waals surface area contributed by atoms with Gasteiger partial charge in [-0.2, -0.15) is 5.26 Å². The highest BCUT2D eigenvalue weighted by Crippen LogP contribution is 2.39. The molecule has 2 atom stereocenters. The number of rotatable bonds is 5. The summed E-state index contributed by atoms with van der Waals surface area (Å²) >= 11 is 0. The fourth-order valence-corrected chi connectivity index (χ4v) is 3.65. The highest BCUT2D eigenvalue weighted by atomic mass is 28.4. The normalized spacial score (nSPS) is 22.3. The maximum Gasteiger partial charge on any atom is 0.410 e. The Kier molecular flexibility index (Phi) is 6.21. The topological polar surface area (TPSA) is 62.6 Å². The van der Waals surface area contributed by atoms with E-state index in [4.69, 9.17) is 14.4 Å². The van der Waals surface area contributed by atoms with Gasteiger partial charge in [0.15, 0.2) is 8.32 Å². The molecule has 1 aliphatic heterocycles. The Bertz CT molecular complexity index is 451. The second-order valence-electron chi connectivity index (χ2n) is 7.27. The van der Waals surface area contributed by atoms with E-state index in [2.05, 4.69) is 46.5 Å². The Balaban J connectivity index is 2.76. The summed E-state index contributed by atoms with van der Waals surface area (Å²) in [6.45, 7) is 15.2. The Hall–Kier alpha value is -1.32. The van der Waals surface area contributed by atoms with Gasteiger partial charge in [-0.3, -0.25) is 0 Å². The van der Waals surface area contributed by atoms with Crippen LogP contribution < -0.4 is 0 Å². The molecule has 1 rings (SSSR count). The maximum absolute atomic E-state index is 12.1. The van der Waals surface area contributed by atoms with Gasteiger partial charge in [-0.05, 0) is 24.6 Å². The number of nitrogens with zero attached hydrogens (tertiary/aromatic N) is 2. The van der Waals surface area contributed by atoms with Crippen molar-refractivity contribution in [3.63, 3.8) is 0 Å². The molecule has 0 aliphatic carbocycles. The van der Waals surface area contributed by atoms with E-state index < -0.39 is 8.32 Å². The molecule has 0 saturated carbocycles. The predicted molar refractivity (Wildman–Crippen MR) is 89.0 cm³/mol. The molecule has 1 aliphatic rings. The third-order valence-electron chi connectivity index (χ3n) is 4.53. The number of hydrogen-bond acceptors (Lipinski definition) is 4. The van der Waals surface area contributed by atoms with Gasteiger partial charge in [-0.25, -0.2) is 4.79 Å². The minimum atomic E-state index is -1.89. The van der Waals surface area contributed by atoms with Crippen molar-refractivity contribution in [1.29, 1.82) is 5.26 Å². The summed E-state index contributed by atoms with van der Waals surface area (Å²) in [4.78, 5) is 13.7. The third-order valence-corrected chi connectivity index (χ3v) is 9.06. The Morgan fingerprint density at radius 2 is 2.14 bits per heavy atom. The van der Waals surface area contributed by atoms with E-state index in [9.17, 15) is 4.79 Å². The van der Waals surface area contributed by atoms with Crippen LogP contribution in [0.2, 0.25) is 18.1 Å². The summed E-state index contributed by atoms with van der Waals surface area (Å²) in [5.74, 6) is 0. The minimum Gasteiger partial charge on any atom is -0.445 e. The van der Waals surface area contributed by atoms with Gasteiger partial charge in [-0.1, -0.05) is 33.4 Å². The van der Waals surface area contributed by atoms with Gasteiger partial charge in [0.25, 0.3) is 0 Å². The molecule has 1 heterocycles. The van der Waals surface area contributed by atoms with Gasteiger partial charge < -0.3 is 14.1 Å². The lowest BCUT2D eigenvalue weighted by Crippen LogP contribution is -2.44. The predicted octanol–water partition coefficient (Wildman–Crippen LogP) is 3.69.